The van der Waals surface area contributed by atoms with Crippen LogP contribution in [0.2, 0.25) is 0 Å². The van der Waals surface area contributed by atoms with E-state index >= 15 is 0 Å². The Hall–Kier alpha value is -1.40. The lowest BCUT2D eigenvalue weighted by Crippen LogP contribution is -2.51. The second-order valence-electron chi connectivity index (χ2n) is 6.28. The highest BCUT2D eigenvalue weighted by molar-refractivity contribution is 7.89. The minimum atomic E-state index is -3.48. The third kappa shape index (κ3) is 3.75. The van der Waals surface area contributed by atoms with Gasteiger partial charge in [0.25, 0.3) is 0 Å². The molecule has 0 N–H and O–H groups in total. The lowest BCUT2D eigenvalue weighted by Gasteiger charge is -2.35. The molecule has 0 radical (unpaired) electrons. The molecular formula is C17H26N2O3S. The van der Waals surface area contributed by atoms with Crippen molar-refractivity contribution in [1.82, 2.24) is 9.21 Å². The van der Waals surface area contributed by atoms with E-state index in [1.54, 1.807) is 17.0 Å². The summed E-state index contributed by atoms with van der Waals surface area (Å²) >= 11 is 0. The highest BCUT2D eigenvalue weighted by Crippen LogP contribution is 2.21. The third-order valence-corrected chi connectivity index (χ3v) is 6.60. The molecule has 0 spiro atoms. The fraction of sp³-hybridized carbons (Fsp3) is 0.588. The number of sulfonamides is 1. The molecule has 0 bridgehead atoms. The fourth-order valence-electron chi connectivity index (χ4n) is 2.66. The van der Waals surface area contributed by atoms with Crippen molar-refractivity contribution in [3.8, 4) is 0 Å². The Bertz CT molecular complexity index is 677. The van der Waals surface area contributed by atoms with Gasteiger partial charge >= 0.3 is 0 Å². The Morgan fingerprint density at radius 1 is 1.13 bits per heavy atom. The highest BCUT2D eigenvalue weighted by atomic mass is 32.2. The average molecular weight is 338 g/mol. The monoisotopic (exact) mass is 338 g/mol. The summed E-state index contributed by atoms with van der Waals surface area (Å²) in [6.45, 7) is 9.43. The molecule has 1 fully saturated rings. The van der Waals surface area contributed by atoms with Crippen LogP contribution in [0.3, 0.4) is 0 Å². The zero-order chi connectivity index (χ0) is 17.2. The summed E-state index contributed by atoms with van der Waals surface area (Å²) in [4.78, 5) is 14.3. The first-order valence-electron chi connectivity index (χ1n) is 8.13. The molecule has 1 heterocycles. The number of hydrogen-bond donors (Lipinski definition) is 0. The van der Waals surface area contributed by atoms with Crippen LogP contribution in [-0.4, -0.2) is 49.7 Å². The molecule has 1 aliphatic rings. The van der Waals surface area contributed by atoms with Crippen LogP contribution in [0.15, 0.2) is 23.1 Å². The van der Waals surface area contributed by atoms with E-state index in [1.165, 1.54) is 4.31 Å². The van der Waals surface area contributed by atoms with Crippen molar-refractivity contribution < 1.29 is 13.2 Å². The van der Waals surface area contributed by atoms with Gasteiger partial charge in [-0.1, -0.05) is 19.9 Å². The van der Waals surface area contributed by atoms with Gasteiger partial charge < -0.3 is 4.90 Å². The Kier molecular flexibility index (Phi) is 5.47. The maximum Gasteiger partial charge on any atom is 0.243 e. The maximum atomic E-state index is 12.7. The van der Waals surface area contributed by atoms with Crippen molar-refractivity contribution in [2.75, 3.05) is 26.2 Å². The second-order valence-corrected chi connectivity index (χ2v) is 8.22. The van der Waals surface area contributed by atoms with E-state index < -0.39 is 10.0 Å². The van der Waals surface area contributed by atoms with Crippen LogP contribution in [-0.2, 0) is 14.8 Å². The molecule has 1 aromatic rings. The molecule has 23 heavy (non-hydrogen) atoms. The molecule has 2 rings (SSSR count). The first-order chi connectivity index (χ1) is 10.8. The van der Waals surface area contributed by atoms with Crippen LogP contribution in [0.25, 0.3) is 0 Å². The predicted octanol–water partition coefficient (Wildman–Crippen LogP) is 2.18. The van der Waals surface area contributed by atoms with Crippen molar-refractivity contribution in [3.63, 3.8) is 0 Å². The van der Waals surface area contributed by atoms with Crippen molar-refractivity contribution >= 4 is 15.9 Å². The summed E-state index contributed by atoms with van der Waals surface area (Å²) in [5, 5.41) is 0. The van der Waals surface area contributed by atoms with E-state index in [9.17, 15) is 13.2 Å². The van der Waals surface area contributed by atoms with Gasteiger partial charge in [0.2, 0.25) is 15.9 Å². The summed E-state index contributed by atoms with van der Waals surface area (Å²) in [7, 11) is -3.48. The summed E-state index contributed by atoms with van der Waals surface area (Å²) in [6, 6.07) is 5.22. The molecule has 0 aliphatic carbocycles. The van der Waals surface area contributed by atoms with Crippen LogP contribution >= 0.6 is 0 Å². The van der Waals surface area contributed by atoms with Crippen molar-refractivity contribution in [3.05, 3.63) is 29.3 Å². The number of nitrogens with zero attached hydrogens (tertiary/aromatic N) is 2. The molecule has 1 aliphatic heterocycles. The first kappa shape index (κ1) is 17.9. The maximum absolute atomic E-state index is 12.7. The first-order valence-corrected chi connectivity index (χ1v) is 9.57. The minimum Gasteiger partial charge on any atom is -0.340 e. The Labute approximate surface area is 139 Å². The van der Waals surface area contributed by atoms with E-state index in [2.05, 4.69) is 0 Å². The molecule has 1 amide bonds. The lowest BCUT2D eigenvalue weighted by molar-refractivity contribution is -0.136. The molecule has 1 saturated heterocycles. The lowest BCUT2D eigenvalue weighted by atomic mass is 10.1. The zero-order valence-electron chi connectivity index (χ0n) is 14.4. The molecule has 1 unspecified atom stereocenters. The molecular weight excluding hydrogens is 312 g/mol. The van der Waals surface area contributed by atoms with Gasteiger partial charge in [0, 0.05) is 32.1 Å². The van der Waals surface area contributed by atoms with Crippen molar-refractivity contribution in [1.29, 1.82) is 0 Å². The number of piperazine rings is 1. The summed E-state index contributed by atoms with van der Waals surface area (Å²) < 4.78 is 27.0. The molecule has 0 aromatic heterocycles. The number of hydrogen-bond acceptors (Lipinski definition) is 3. The van der Waals surface area contributed by atoms with Crippen molar-refractivity contribution in [2.24, 2.45) is 5.92 Å². The Balaban J connectivity index is 2.09. The van der Waals surface area contributed by atoms with Crippen LogP contribution in [0.4, 0.5) is 0 Å². The van der Waals surface area contributed by atoms with E-state index in [0.29, 0.717) is 31.1 Å². The SMILES string of the molecule is CCC(C)C(=O)N1CCN(S(=O)(=O)c2ccc(C)c(C)c2)CC1. The largest absolute Gasteiger partial charge is 0.340 e. The van der Waals surface area contributed by atoms with Crippen LogP contribution in [0.1, 0.15) is 31.4 Å². The average Bonchev–Trinajstić information content (AvgIpc) is 2.55. The van der Waals surface area contributed by atoms with Gasteiger partial charge in [0.1, 0.15) is 0 Å². The van der Waals surface area contributed by atoms with Gasteiger partial charge in [0.05, 0.1) is 4.90 Å². The molecule has 1 atom stereocenters. The number of benzene rings is 1. The van der Waals surface area contributed by atoms with Crippen LogP contribution in [0, 0.1) is 19.8 Å². The topological polar surface area (TPSA) is 57.7 Å². The molecule has 5 nitrogen and oxygen atoms in total. The van der Waals surface area contributed by atoms with Crippen molar-refractivity contribution in [2.45, 2.75) is 39.0 Å². The molecule has 1 aromatic carbocycles. The van der Waals surface area contributed by atoms with E-state index in [4.69, 9.17) is 0 Å². The fourth-order valence-corrected chi connectivity index (χ4v) is 4.17. The van der Waals surface area contributed by atoms with Crippen LogP contribution < -0.4 is 0 Å². The quantitative estimate of drug-likeness (QED) is 0.845. The molecule has 128 valence electrons. The number of rotatable bonds is 4. The highest BCUT2D eigenvalue weighted by Gasteiger charge is 2.31. The van der Waals surface area contributed by atoms with Gasteiger partial charge in [0.15, 0.2) is 0 Å². The summed E-state index contributed by atoms with van der Waals surface area (Å²) in [6.07, 6.45) is 0.806. The molecule has 0 saturated carbocycles. The van der Waals surface area contributed by atoms with Gasteiger partial charge in [-0.15, -0.1) is 0 Å². The number of carbonyl (C=O) groups excluding carboxylic acids is 1. The number of amides is 1. The van der Waals surface area contributed by atoms with Gasteiger partial charge in [-0.2, -0.15) is 4.31 Å². The number of carbonyl (C=O) groups is 1. The van der Waals surface area contributed by atoms with Crippen LogP contribution in [0.5, 0.6) is 0 Å². The normalized spacial score (nSPS) is 18.0. The smallest absolute Gasteiger partial charge is 0.243 e. The van der Waals surface area contributed by atoms with Gasteiger partial charge in [-0.3, -0.25) is 4.79 Å². The summed E-state index contributed by atoms with van der Waals surface area (Å²) in [5.74, 6) is 0.119. The van der Waals surface area contributed by atoms with E-state index in [1.807, 2.05) is 33.8 Å². The zero-order valence-corrected chi connectivity index (χ0v) is 15.2. The Morgan fingerprint density at radius 3 is 2.26 bits per heavy atom. The second kappa shape index (κ2) is 7.01. The Morgan fingerprint density at radius 2 is 1.74 bits per heavy atom. The van der Waals surface area contributed by atoms with E-state index in [-0.39, 0.29) is 11.8 Å². The number of aryl methyl sites for hydroxylation is 2. The standard InChI is InChI=1S/C17H26N2O3S/c1-5-13(2)17(20)18-8-10-19(11-9-18)23(21,22)16-7-6-14(3)15(4)12-16/h6-7,12-13H,5,8-11H2,1-4H3. The minimum absolute atomic E-state index is 0.00194. The van der Waals surface area contributed by atoms with Gasteiger partial charge in [-0.05, 0) is 43.5 Å². The summed E-state index contributed by atoms with van der Waals surface area (Å²) in [5.41, 5.74) is 2.05. The predicted molar refractivity (Wildman–Crippen MR) is 90.7 cm³/mol. The van der Waals surface area contributed by atoms with E-state index in [0.717, 1.165) is 17.5 Å². The van der Waals surface area contributed by atoms with Gasteiger partial charge in [-0.25, -0.2) is 8.42 Å². The molecule has 6 heteroatoms. The third-order valence-electron chi connectivity index (χ3n) is 4.70.